The Labute approximate surface area is 100 Å². The molecule has 15 heavy (non-hydrogen) atoms. The predicted octanol–water partition coefficient (Wildman–Crippen LogP) is 3.58. The van der Waals surface area contributed by atoms with E-state index in [1.165, 1.54) is 15.2 Å². The van der Waals surface area contributed by atoms with Crippen LogP contribution in [0.3, 0.4) is 0 Å². The van der Waals surface area contributed by atoms with Crippen LogP contribution in [0.2, 0.25) is 0 Å². The van der Waals surface area contributed by atoms with Crippen LogP contribution in [0.5, 0.6) is 0 Å². The van der Waals surface area contributed by atoms with Crippen LogP contribution >= 0.6 is 30.3 Å². The molecule has 2 aromatic rings. The maximum atomic E-state index is 13.3. The van der Waals surface area contributed by atoms with E-state index in [-0.39, 0.29) is 10.9 Å². The molecule has 1 aromatic heterocycles. The van der Waals surface area contributed by atoms with E-state index in [9.17, 15) is 13.6 Å². The minimum Gasteiger partial charge on any atom is -0.298 e. The van der Waals surface area contributed by atoms with Gasteiger partial charge >= 0.3 is 0 Å². The van der Waals surface area contributed by atoms with Crippen molar-refractivity contribution in [1.29, 1.82) is 0 Å². The van der Waals surface area contributed by atoms with Crippen molar-refractivity contribution in [2.45, 2.75) is 0 Å². The van der Waals surface area contributed by atoms with Crippen LogP contribution in [0, 0.1) is 11.6 Å². The Morgan fingerprint density at radius 1 is 1.47 bits per heavy atom. The molecular formula is C9H4F2INOS. The molecule has 1 aromatic carbocycles. The van der Waals surface area contributed by atoms with E-state index in [4.69, 9.17) is 0 Å². The fourth-order valence-corrected chi connectivity index (χ4v) is 2.78. The lowest BCUT2D eigenvalue weighted by Crippen LogP contribution is -1.93. The van der Waals surface area contributed by atoms with Crippen molar-refractivity contribution in [2.75, 3.05) is 0 Å². The van der Waals surface area contributed by atoms with Crippen molar-refractivity contribution < 1.29 is 13.6 Å². The highest BCUT2D eigenvalue weighted by molar-refractivity contribution is 14.2. The highest BCUT2D eigenvalue weighted by Crippen LogP contribution is 2.29. The first kappa shape index (κ1) is 10.9. The summed E-state index contributed by atoms with van der Waals surface area (Å²) in [5, 5.41) is 0.126. The summed E-state index contributed by atoms with van der Waals surface area (Å²) in [7, 11) is 1.29. The third-order valence-corrected chi connectivity index (χ3v) is 3.78. The number of aromatic nitrogens is 1. The van der Waals surface area contributed by atoms with Gasteiger partial charge in [0.05, 0.1) is 5.52 Å². The fourth-order valence-electron chi connectivity index (χ4n) is 1.42. The van der Waals surface area contributed by atoms with Gasteiger partial charge in [-0.2, -0.15) is 0 Å². The van der Waals surface area contributed by atoms with E-state index in [1.807, 2.05) is 21.2 Å². The van der Waals surface area contributed by atoms with E-state index in [2.05, 4.69) is 0 Å². The highest BCUT2D eigenvalue weighted by Gasteiger charge is 2.15. The monoisotopic (exact) mass is 339 g/mol. The molecule has 78 valence electrons. The van der Waals surface area contributed by atoms with Crippen LogP contribution in [0.1, 0.15) is 10.4 Å². The van der Waals surface area contributed by atoms with E-state index >= 15 is 0 Å². The zero-order valence-corrected chi connectivity index (χ0v) is 10.2. The maximum Gasteiger partial charge on any atom is 0.168 e. The zero-order chi connectivity index (χ0) is 11.0. The quantitative estimate of drug-likeness (QED) is 0.616. The average molecular weight is 339 g/mol. The first-order valence-electron chi connectivity index (χ1n) is 3.92. The van der Waals surface area contributed by atoms with Crippen LogP contribution in [0.15, 0.2) is 18.3 Å². The minimum absolute atomic E-state index is 0.126. The Morgan fingerprint density at radius 2 is 2.20 bits per heavy atom. The van der Waals surface area contributed by atoms with Gasteiger partial charge in [-0.25, -0.2) is 8.78 Å². The van der Waals surface area contributed by atoms with Crippen molar-refractivity contribution in [2.24, 2.45) is 0 Å². The molecule has 0 fully saturated rings. The molecule has 0 bridgehead atoms. The second kappa shape index (κ2) is 4.09. The molecule has 0 saturated carbocycles. The lowest BCUT2D eigenvalue weighted by atomic mass is 10.1. The predicted molar refractivity (Wildman–Crippen MR) is 64.3 cm³/mol. The summed E-state index contributed by atoms with van der Waals surface area (Å²) in [5.74, 6) is -1.92. The number of hydrogen-bond donors (Lipinski definition) is 0. The number of rotatable bonds is 2. The van der Waals surface area contributed by atoms with Gasteiger partial charge in [0, 0.05) is 47.5 Å². The molecule has 0 amide bonds. The second-order valence-electron chi connectivity index (χ2n) is 2.85. The number of fused-ring (bicyclic) bond motifs is 1. The standard InChI is InChI=1S/C9H4F2INOS/c10-7-3-5(4-14)9-6(8(7)11)1-2-13(9)15-12/h1-4H. The maximum absolute atomic E-state index is 13.3. The Hall–Kier alpha value is -0.630. The van der Waals surface area contributed by atoms with Crippen LogP contribution in [-0.4, -0.2) is 10.3 Å². The van der Waals surface area contributed by atoms with Gasteiger partial charge in [-0.05, 0) is 12.1 Å². The molecule has 0 radical (unpaired) electrons. The number of carbonyl (C=O) groups is 1. The van der Waals surface area contributed by atoms with Crippen molar-refractivity contribution >= 4 is 47.5 Å². The number of halogens is 3. The van der Waals surface area contributed by atoms with Crippen molar-refractivity contribution in [3.63, 3.8) is 0 Å². The van der Waals surface area contributed by atoms with Crippen LogP contribution in [-0.2, 0) is 0 Å². The number of hydrogen-bond acceptors (Lipinski definition) is 2. The third kappa shape index (κ3) is 1.65. The number of nitrogens with zero attached hydrogens (tertiary/aromatic N) is 1. The fraction of sp³-hybridized carbons (Fsp3) is 0. The summed E-state index contributed by atoms with van der Waals surface area (Å²) in [6.45, 7) is 0. The van der Waals surface area contributed by atoms with E-state index in [0.717, 1.165) is 6.07 Å². The molecule has 1 heterocycles. The molecule has 0 saturated heterocycles. The van der Waals surface area contributed by atoms with Crippen LogP contribution < -0.4 is 0 Å². The minimum atomic E-state index is -0.999. The summed E-state index contributed by atoms with van der Waals surface area (Å²) >= 11 is 2.00. The summed E-state index contributed by atoms with van der Waals surface area (Å²) in [4.78, 5) is 10.7. The molecule has 2 nitrogen and oxygen atoms in total. The number of carbonyl (C=O) groups excluding carboxylic acids is 1. The average Bonchev–Trinajstić information content (AvgIpc) is 2.67. The number of benzene rings is 1. The molecule has 0 aliphatic carbocycles. The zero-order valence-electron chi connectivity index (χ0n) is 7.21. The summed E-state index contributed by atoms with van der Waals surface area (Å²) in [5.41, 5.74) is 0.557. The number of aldehydes is 1. The highest BCUT2D eigenvalue weighted by atomic mass is 127. The summed E-state index contributed by atoms with van der Waals surface area (Å²) in [6.07, 6.45) is 2.12. The van der Waals surface area contributed by atoms with Gasteiger partial charge in [0.25, 0.3) is 0 Å². The molecule has 6 heteroatoms. The van der Waals surface area contributed by atoms with Gasteiger partial charge in [-0.3, -0.25) is 8.77 Å². The van der Waals surface area contributed by atoms with Gasteiger partial charge < -0.3 is 0 Å². The smallest absolute Gasteiger partial charge is 0.168 e. The van der Waals surface area contributed by atoms with E-state index < -0.39 is 11.6 Å². The Kier molecular flexibility index (Phi) is 2.96. The SMILES string of the molecule is O=Cc1cc(F)c(F)c2ccn(SI)c12. The Bertz CT molecular complexity index is 540. The van der Waals surface area contributed by atoms with Crippen molar-refractivity contribution in [3.05, 3.63) is 35.5 Å². The van der Waals surface area contributed by atoms with E-state index in [1.54, 1.807) is 10.2 Å². The third-order valence-electron chi connectivity index (χ3n) is 2.06. The molecule has 0 N–H and O–H groups in total. The molecule has 0 spiro atoms. The van der Waals surface area contributed by atoms with Gasteiger partial charge in [-0.15, -0.1) is 0 Å². The summed E-state index contributed by atoms with van der Waals surface area (Å²) in [6, 6.07) is 2.36. The molecule has 0 aliphatic heterocycles. The molecular weight excluding hydrogens is 335 g/mol. The Morgan fingerprint density at radius 3 is 2.80 bits per heavy atom. The topological polar surface area (TPSA) is 22.0 Å². The van der Waals surface area contributed by atoms with Gasteiger partial charge in [-0.1, -0.05) is 0 Å². The first-order chi connectivity index (χ1) is 7.19. The summed E-state index contributed by atoms with van der Waals surface area (Å²) < 4.78 is 28.0. The van der Waals surface area contributed by atoms with Crippen molar-refractivity contribution in [3.8, 4) is 0 Å². The van der Waals surface area contributed by atoms with Gasteiger partial charge in [0.15, 0.2) is 17.9 Å². The molecule has 0 unspecified atom stereocenters. The van der Waals surface area contributed by atoms with E-state index in [0.29, 0.717) is 11.8 Å². The first-order valence-corrected chi connectivity index (χ1v) is 7.24. The van der Waals surface area contributed by atoms with Crippen molar-refractivity contribution in [1.82, 2.24) is 3.97 Å². The molecule has 0 atom stereocenters. The lowest BCUT2D eigenvalue weighted by Gasteiger charge is -2.02. The lowest BCUT2D eigenvalue weighted by molar-refractivity contribution is 0.112. The molecule has 2 rings (SSSR count). The Balaban J connectivity index is 2.92. The molecule has 0 aliphatic rings. The second-order valence-corrected chi connectivity index (χ2v) is 4.57. The van der Waals surface area contributed by atoms with Crippen LogP contribution in [0.25, 0.3) is 10.9 Å². The largest absolute Gasteiger partial charge is 0.298 e. The van der Waals surface area contributed by atoms with Gasteiger partial charge in [0.1, 0.15) is 0 Å². The normalized spacial score (nSPS) is 10.9. The van der Waals surface area contributed by atoms with Gasteiger partial charge in [0.2, 0.25) is 0 Å². The van der Waals surface area contributed by atoms with Crippen LogP contribution in [0.4, 0.5) is 8.78 Å².